The summed E-state index contributed by atoms with van der Waals surface area (Å²) in [7, 11) is 7.81. The molecule has 0 atom stereocenters. The molecule has 4 heterocycles. The Morgan fingerprint density at radius 2 is 1.34 bits per heavy atom. The first-order valence-corrected chi connectivity index (χ1v) is 23.9. The molecule has 2 aromatic carbocycles. The van der Waals surface area contributed by atoms with E-state index in [4.69, 9.17) is 22.1 Å². The number of carbonyl (C=O) groups excluding carboxylic acids is 3. The Morgan fingerprint density at radius 3 is 1.90 bits per heavy atom. The Kier molecular flexibility index (Phi) is 20.3. The van der Waals surface area contributed by atoms with Gasteiger partial charge in [-0.1, -0.05) is 39.1 Å². The van der Waals surface area contributed by atoms with Gasteiger partial charge in [0.15, 0.2) is 11.3 Å². The summed E-state index contributed by atoms with van der Waals surface area (Å²) in [6.07, 6.45) is 18.2. The molecule has 68 heavy (non-hydrogen) atoms. The van der Waals surface area contributed by atoms with Crippen molar-refractivity contribution < 1.29 is 19.1 Å². The van der Waals surface area contributed by atoms with Crippen molar-refractivity contribution in [3.8, 4) is 11.4 Å². The molecule has 2 fully saturated rings. The largest absolute Gasteiger partial charge is 0.444 e. The molecule has 0 bridgehead atoms. The Hall–Kier alpha value is -5.16. The third-order valence-corrected chi connectivity index (χ3v) is 12.4. The second-order valence-corrected chi connectivity index (χ2v) is 19.6. The number of rotatable bonds is 13. The van der Waals surface area contributed by atoms with Crippen LogP contribution in [0, 0.1) is 7.14 Å². The number of hydrogen-bond acceptors (Lipinski definition) is 12. The molecule has 0 unspecified atom stereocenters. The van der Waals surface area contributed by atoms with E-state index < -0.39 is 16.9 Å². The maximum absolute atomic E-state index is 12.6. The quantitative estimate of drug-likeness (QED) is 0.0566. The molecule has 16 nitrogen and oxygen atoms in total. The standard InChI is InChI=1S/C21H23IN6O.C18H20IN5O2.C8H12ClNO.2CH4/c1-26(14-8-9-14)10-4-7-18(29)27(2)15-5-3-6-16(11-15)28-12-17(22)19-20(23)24-13-25-21(19)28;1-18(2,3)26-17(25)23-15-14-13(19)9-24(16(14)22-10-21-15)12-7-5-6-11(8-12)20-4;1-10(7-4-5-7)6-2-3-8(9)11;;/h3-7,11-14H,8-10H2,1-2H3,(H2,23,24,25);5-10,20H,1-4H3,(H,21,22,23,25);2-3,7H,4-6H2,1H3;2*1H4/b7-4+;;3-2+;;. The first-order valence-electron chi connectivity index (χ1n) is 21.3. The third-order valence-electron chi connectivity index (χ3n) is 10.6. The van der Waals surface area contributed by atoms with Gasteiger partial charge in [-0.3, -0.25) is 33.8 Å². The number of halogens is 3. The number of nitrogens with zero attached hydrogens (tertiary/aromatic N) is 9. The number of nitrogens with two attached hydrogens (primary N) is 1. The van der Waals surface area contributed by atoms with Crippen molar-refractivity contribution in [3.05, 3.63) is 105 Å². The van der Waals surface area contributed by atoms with Gasteiger partial charge in [0.1, 0.15) is 29.9 Å². The predicted molar refractivity (Wildman–Crippen MR) is 294 cm³/mol. The molecule has 2 saturated carbocycles. The maximum Gasteiger partial charge on any atom is 0.413 e. The van der Waals surface area contributed by atoms with Gasteiger partial charge in [-0.15, -0.1) is 0 Å². The second kappa shape index (κ2) is 24.9. The van der Waals surface area contributed by atoms with Gasteiger partial charge in [0.2, 0.25) is 11.1 Å². The van der Waals surface area contributed by atoms with Gasteiger partial charge in [0.25, 0.3) is 0 Å². The Bertz CT molecular complexity index is 2740. The molecule has 4 N–H and O–H groups in total. The summed E-state index contributed by atoms with van der Waals surface area (Å²) >= 11 is 9.56. The van der Waals surface area contributed by atoms with E-state index in [1.54, 1.807) is 24.1 Å². The van der Waals surface area contributed by atoms with Crippen molar-refractivity contribution in [3.63, 3.8) is 0 Å². The number of anilines is 4. The molecular weight excluding hydrogens is 1110 g/mol. The molecule has 364 valence electrons. The lowest BCUT2D eigenvalue weighted by Crippen LogP contribution is -2.27. The number of ether oxygens (including phenoxy) is 1. The number of hydrogen-bond donors (Lipinski definition) is 3. The fourth-order valence-corrected chi connectivity index (χ4v) is 8.47. The Morgan fingerprint density at radius 1 is 0.809 bits per heavy atom. The van der Waals surface area contributed by atoms with Gasteiger partial charge in [-0.05, 0) is 160 Å². The number of nitrogens with one attached hydrogen (secondary N) is 2. The number of amides is 2. The molecule has 8 rings (SSSR count). The van der Waals surface area contributed by atoms with Gasteiger partial charge < -0.3 is 20.7 Å². The van der Waals surface area contributed by atoms with Crippen LogP contribution in [0.2, 0.25) is 0 Å². The maximum atomic E-state index is 12.6. The fraction of sp³-hybridized carbons (Fsp3) is 0.367. The van der Waals surface area contributed by atoms with E-state index in [1.807, 2.05) is 104 Å². The lowest BCUT2D eigenvalue weighted by Gasteiger charge is -2.19. The summed E-state index contributed by atoms with van der Waals surface area (Å²) in [6.45, 7) is 7.06. The van der Waals surface area contributed by atoms with Crippen LogP contribution in [-0.4, -0.2) is 115 Å². The Labute approximate surface area is 432 Å². The molecule has 2 aliphatic rings. The van der Waals surface area contributed by atoms with Crippen LogP contribution in [-0.2, 0) is 14.3 Å². The van der Waals surface area contributed by atoms with Crippen LogP contribution >= 0.6 is 56.8 Å². The number of fused-ring (bicyclic) bond motifs is 2. The highest BCUT2D eigenvalue weighted by Gasteiger charge is 2.26. The number of carbonyl (C=O) groups is 3. The van der Waals surface area contributed by atoms with E-state index in [0.29, 0.717) is 23.3 Å². The zero-order chi connectivity index (χ0) is 47.7. The van der Waals surface area contributed by atoms with Crippen molar-refractivity contribution in [2.75, 3.05) is 62.5 Å². The molecule has 2 amide bonds. The molecule has 4 aromatic heterocycles. The van der Waals surface area contributed by atoms with E-state index in [1.165, 1.54) is 44.4 Å². The Balaban J connectivity index is 0.000000239. The zero-order valence-corrected chi connectivity index (χ0v) is 43.1. The highest BCUT2D eigenvalue weighted by molar-refractivity contribution is 14.1. The monoisotopic (exact) mass is 1170 g/mol. The lowest BCUT2D eigenvalue weighted by atomic mass is 10.2. The smallest absolute Gasteiger partial charge is 0.413 e. The summed E-state index contributed by atoms with van der Waals surface area (Å²) in [5.41, 5.74) is 10.6. The summed E-state index contributed by atoms with van der Waals surface area (Å²) < 4.78 is 11.2. The molecule has 0 spiro atoms. The van der Waals surface area contributed by atoms with E-state index in [-0.39, 0.29) is 20.8 Å². The fourth-order valence-electron chi connectivity index (χ4n) is 6.81. The summed E-state index contributed by atoms with van der Waals surface area (Å²) in [5.74, 6) is 0.838. The average Bonchev–Trinajstić information content (AvgIpc) is 4.23. The van der Waals surface area contributed by atoms with E-state index in [9.17, 15) is 14.4 Å². The summed E-state index contributed by atoms with van der Waals surface area (Å²) in [4.78, 5) is 58.3. The number of allylic oxidation sites excluding steroid dienone is 1. The van der Waals surface area contributed by atoms with E-state index in [0.717, 1.165) is 65.4 Å². The minimum atomic E-state index is -0.580. The zero-order valence-electron chi connectivity index (χ0n) is 38.0. The minimum Gasteiger partial charge on any atom is -0.444 e. The highest BCUT2D eigenvalue weighted by atomic mass is 127. The first-order chi connectivity index (χ1) is 31.4. The summed E-state index contributed by atoms with van der Waals surface area (Å²) in [6, 6.07) is 17.2. The molecule has 2 aliphatic carbocycles. The van der Waals surface area contributed by atoms with Crippen molar-refractivity contribution in [1.29, 1.82) is 0 Å². The average molecular weight is 1170 g/mol. The van der Waals surface area contributed by atoms with Crippen molar-refractivity contribution in [2.24, 2.45) is 0 Å². The molecule has 0 radical (unpaired) electrons. The normalized spacial score (nSPS) is 13.4. The second-order valence-electron chi connectivity index (χ2n) is 16.9. The van der Waals surface area contributed by atoms with Gasteiger partial charge >= 0.3 is 6.09 Å². The molecule has 0 saturated heterocycles. The summed E-state index contributed by atoms with van der Waals surface area (Å²) in [5, 5.41) is 7.07. The van der Waals surface area contributed by atoms with Crippen LogP contribution in [0.25, 0.3) is 33.4 Å². The van der Waals surface area contributed by atoms with E-state index in [2.05, 4.69) is 99.6 Å². The van der Waals surface area contributed by atoms with Crippen LogP contribution in [0.3, 0.4) is 0 Å². The van der Waals surface area contributed by atoms with Gasteiger partial charge in [0, 0.05) is 87.6 Å². The molecule has 0 aliphatic heterocycles. The molecule has 6 aromatic rings. The van der Waals surface area contributed by atoms with Gasteiger partial charge in [-0.25, -0.2) is 24.7 Å². The number of nitrogen functional groups attached to an aromatic ring is 1. The highest BCUT2D eigenvalue weighted by Crippen LogP contribution is 2.32. The lowest BCUT2D eigenvalue weighted by molar-refractivity contribution is -0.114. The van der Waals surface area contributed by atoms with E-state index >= 15 is 0 Å². The van der Waals surface area contributed by atoms with Crippen LogP contribution < -0.4 is 21.3 Å². The van der Waals surface area contributed by atoms with Gasteiger partial charge in [-0.2, -0.15) is 0 Å². The van der Waals surface area contributed by atoms with Crippen LogP contribution in [0.4, 0.5) is 27.8 Å². The van der Waals surface area contributed by atoms with Crippen molar-refractivity contribution in [1.82, 2.24) is 38.9 Å². The predicted octanol–water partition coefficient (Wildman–Crippen LogP) is 10.3. The number of benzene rings is 2. The van der Waals surface area contributed by atoms with Gasteiger partial charge in [0.05, 0.1) is 10.8 Å². The van der Waals surface area contributed by atoms with Crippen LogP contribution in [0.5, 0.6) is 0 Å². The first kappa shape index (κ1) is 55.4. The molecule has 19 heteroatoms. The third kappa shape index (κ3) is 15.2. The van der Waals surface area contributed by atoms with Crippen molar-refractivity contribution >= 4 is 119 Å². The number of likely N-dealkylation sites (N-methyl/N-ethyl adjacent to an activating group) is 3. The number of aromatic nitrogens is 6. The topological polar surface area (TPSA) is 182 Å². The minimum absolute atomic E-state index is 0. The molecular formula is C49H63ClI2N12O4. The van der Waals surface area contributed by atoms with Crippen molar-refractivity contribution in [2.45, 2.75) is 79.0 Å². The van der Waals surface area contributed by atoms with Crippen LogP contribution in [0.1, 0.15) is 61.3 Å². The SMILES string of the molecule is C.C.CN(C(=O)/C=C/CN(C)C1CC1)c1cccc(-n2cc(I)c3c(N)ncnc32)c1.CN(C/C=C/C(=O)Cl)C1CC1.CNc1cccc(-n2cc(I)c3c(NC(=O)OC(C)(C)C)ncnc32)c1. The van der Waals surface area contributed by atoms with Crippen LogP contribution in [0.15, 0.2) is 97.9 Å².